The molecule has 29 heavy (non-hydrogen) atoms. The Morgan fingerprint density at radius 1 is 0.862 bits per heavy atom. The molecule has 0 spiro atoms. The summed E-state index contributed by atoms with van der Waals surface area (Å²) in [5.41, 5.74) is 3.49. The zero-order chi connectivity index (χ0) is 20.6. The molecule has 0 radical (unpaired) electrons. The van der Waals surface area contributed by atoms with Crippen molar-refractivity contribution >= 4 is 28.9 Å². The number of hydrogen-bond acceptors (Lipinski definition) is 4. The van der Waals surface area contributed by atoms with E-state index in [0.717, 1.165) is 11.3 Å². The normalized spacial score (nSPS) is 10.1. The maximum absolute atomic E-state index is 12.7. The number of hydrogen-bond donors (Lipinski definition) is 3. The number of carbonyl (C=O) groups is 2. The van der Waals surface area contributed by atoms with Gasteiger partial charge in [0.05, 0.1) is 19.2 Å². The molecule has 0 atom stereocenters. The molecule has 3 rings (SSSR count). The fourth-order valence-electron chi connectivity index (χ4n) is 2.81. The van der Waals surface area contributed by atoms with Gasteiger partial charge in [0.15, 0.2) is 0 Å². The van der Waals surface area contributed by atoms with Crippen molar-refractivity contribution in [1.29, 1.82) is 0 Å². The van der Waals surface area contributed by atoms with Crippen LogP contribution in [0.2, 0.25) is 0 Å². The van der Waals surface area contributed by atoms with E-state index in [-0.39, 0.29) is 18.4 Å². The second-order valence-electron chi connectivity index (χ2n) is 6.50. The van der Waals surface area contributed by atoms with Gasteiger partial charge >= 0.3 is 0 Å². The number of methoxy groups -OCH3 is 1. The Morgan fingerprint density at radius 2 is 1.62 bits per heavy atom. The Kier molecular flexibility index (Phi) is 6.47. The lowest BCUT2D eigenvalue weighted by molar-refractivity contribution is -0.114. The van der Waals surface area contributed by atoms with Gasteiger partial charge in [-0.1, -0.05) is 24.3 Å². The number of para-hydroxylation sites is 1. The van der Waals surface area contributed by atoms with Crippen molar-refractivity contribution in [2.24, 2.45) is 0 Å². The monoisotopic (exact) mass is 389 g/mol. The van der Waals surface area contributed by atoms with Gasteiger partial charge in [0.1, 0.15) is 5.75 Å². The maximum Gasteiger partial charge on any atom is 0.257 e. The first-order chi connectivity index (χ1) is 14.0. The third-order valence-corrected chi connectivity index (χ3v) is 4.26. The average molecular weight is 389 g/mol. The van der Waals surface area contributed by atoms with E-state index in [9.17, 15) is 9.59 Å². The van der Waals surface area contributed by atoms with Crippen LogP contribution in [0, 0.1) is 6.92 Å². The van der Waals surface area contributed by atoms with Crippen molar-refractivity contribution in [3.8, 4) is 5.75 Å². The molecule has 6 heteroatoms. The van der Waals surface area contributed by atoms with E-state index in [1.807, 2.05) is 37.3 Å². The second-order valence-corrected chi connectivity index (χ2v) is 6.50. The number of benzene rings is 3. The largest absolute Gasteiger partial charge is 0.497 e. The fraction of sp³-hybridized carbons (Fsp3) is 0.130. The van der Waals surface area contributed by atoms with Gasteiger partial charge in [0, 0.05) is 17.1 Å². The Hall–Kier alpha value is -3.80. The predicted octanol–water partition coefficient (Wildman–Crippen LogP) is 4.31. The van der Waals surface area contributed by atoms with Crippen molar-refractivity contribution in [1.82, 2.24) is 0 Å². The minimum atomic E-state index is -0.266. The number of rotatable bonds is 7. The maximum atomic E-state index is 12.7. The lowest BCUT2D eigenvalue weighted by atomic mass is 10.1. The van der Waals surface area contributed by atoms with E-state index in [0.29, 0.717) is 22.7 Å². The Morgan fingerprint density at radius 3 is 2.34 bits per heavy atom. The number of amides is 2. The van der Waals surface area contributed by atoms with Gasteiger partial charge in [-0.15, -0.1) is 0 Å². The smallest absolute Gasteiger partial charge is 0.257 e. The molecule has 148 valence electrons. The van der Waals surface area contributed by atoms with Crippen LogP contribution in [-0.2, 0) is 4.79 Å². The van der Waals surface area contributed by atoms with E-state index in [1.54, 1.807) is 49.6 Å². The molecule has 0 aliphatic heterocycles. The lowest BCUT2D eigenvalue weighted by Crippen LogP contribution is -2.23. The molecule has 0 unspecified atom stereocenters. The van der Waals surface area contributed by atoms with Gasteiger partial charge in [0.25, 0.3) is 5.91 Å². The van der Waals surface area contributed by atoms with Gasteiger partial charge in [-0.25, -0.2) is 0 Å². The summed E-state index contributed by atoms with van der Waals surface area (Å²) in [5.74, 6) is 0.253. The van der Waals surface area contributed by atoms with Crippen molar-refractivity contribution in [3.05, 3.63) is 83.9 Å². The first kappa shape index (κ1) is 19.9. The third kappa shape index (κ3) is 5.59. The van der Waals surface area contributed by atoms with Crippen LogP contribution in [0.3, 0.4) is 0 Å². The molecule has 3 N–H and O–H groups in total. The first-order valence-corrected chi connectivity index (χ1v) is 9.20. The topological polar surface area (TPSA) is 79.5 Å². The van der Waals surface area contributed by atoms with Crippen LogP contribution in [0.4, 0.5) is 17.1 Å². The average Bonchev–Trinajstić information content (AvgIpc) is 2.73. The van der Waals surface area contributed by atoms with Crippen molar-refractivity contribution in [2.45, 2.75) is 6.92 Å². The molecule has 0 aromatic heterocycles. The molecule has 3 aromatic carbocycles. The number of aryl methyl sites for hydroxylation is 1. The molecule has 0 bridgehead atoms. The first-order valence-electron chi connectivity index (χ1n) is 9.20. The minimum Gasteiger partial charge on any atom is -0.497 e. The Bertz CT molecular complexity index is 1000. The van der Waals surface area contributed by atoms with Gasteiger partial charge in [-0.05, 0) is 61.0 Å². The van der Waals surface area contributed by atoms with Crippen LogP contribution in [0.25, 0.3) is 0 Å². The van der Waals surface area contributed by atoms with Crippen LogP contribution < -0.4 is 20.7 Å². The van der Waals surface area contributed by atoms with Crippen LogP contribution in [-0.4, -0.2) is 25.5 Å². The summed E-state index contributed by atoms with van der Waals surface area (Å²) < 4.78 is 5.12. The van der Waals surface area contributed by atoms with Crippen LogP contribution in [0.5, 0.6) is 5.75 Å². The molecule has 3 aromatic rings. The highest BCUT2D eigenvalue weighted by Gasteiger charge is 2.12. The standard InChI is InChI=1S/C23H23N3O3/c1-16-6-5-7-18(14-16)25-22(27)15-24-21-9-4-3-8-20(21)23(28)26-17-10-12-19(29-2)13-11-17/h3-14,24H,15H2,1-2H3,(H,25,27)(H,26,28). The van der Waals surface area contributed by atoms with Gasteiger partial charge in [-0.3, -0.25) is 9.59 Å². The molecule has 0 saturated heterocycles. The quantitative estimate of drug-likeness (QED) is 0.563. The summed E-state index contributed by atoms with van der Waals surface area (Å²) in [4.78, 5) is 24.9. The van der Waals surface area contributed by atoms with Crippen LogP contribution in [0.1, 0.15) is 15.9 Å². The second kappa shape index (κ2) is 9.41. The molecular formula is C23H23N3O3. The van der Waals surface area contributed by atoms with E-state index in [4.69, 9.17) is 4.74 Å². The summed E-state index contributed by atoms with van der Waals surface area (Å²) in [6, 6.07) is 21.7. The zero-order valence-corrected chi connectivity index (χ0v) is 16.4. The van der Waals surface area contributed by atoms with Crippen molar-refractivity contribution in [3.63, 3.8) is 0 Å². The number of anilines is 3. The van der Waals surface area contributed by atoms with Gasteiger partial charge < -0.3 is 20.7 Å². The molecule has 2 amide bonds. The molecule has 0 saturated carbocycles. The molecule has 0 aliphatic carbocycles. The van der Waals surface area contributed by atoms with E-state index < -0.39 is 0 Å². The van der Waals surface area contributed by atoms with E-state index >= 15 is 0 Å². The highest BCUT2D eigenvalue weighted by molar-refractivity contribution is 6.08. The van der Waals surface area contributed by atoms with Gasteiger partial charge in [0.2, 0.25) is 5.91 Å². The van der Waals surface area contributed by atoms with Gasteiger partial charge in [-0.2, -0.15) is 0 Å². The van der Waals surface area contributed by atoms with Crippen LogP contribution in [0.15, 0.2) is 72.8 Å². The minimum absolute atomic E-state index is 0.0424. The summed E-state index contributed by atoms with van der Waals surface area (Å²) in [5, 5.41) is 8.73. The summed E-state index contributed by atoms with van der Waals surface area (Å²) in [7, 11) is 1.59. The molecule has 0 aliphatic rings. The summed E-state index contributed by atoms with van der Waals surface area (Å²) in [6.07, 6.45) is 0. The zero-order valence-electron chi connectivity index (χ0n) is 16.4. The summed E-state index contributed by atoms with van der Waals surface area (Å²) >= 11 is 0. The SMILES string of the molecule is COc1ccc(NC(=O)c2ccccc2NCC(=O)Nc2cccc(C)c2)cc1. The molecule has 6 nitrogen and oxygen atoms in total. The van der Waals surface area contributed by atoms with Crippen molar-refractivity contribution in [2.75, 3.05) is 29.6 Å². The highest BCUT2D eigenvalue weighted by Crippen LogP contribution is 2.19. The van der Waals surface area contributed by atoms with Crippen molar-refractivity contribution < 1.29 is 14.3 Å². The number of carbonyl (C=O) groups excluding carboxylic acids is 2. The van der Waals surface area contributed by atoms with E-state index in [1.165, 1.54) is 0 Å². The molecule has 0 fully saturated rings. The van der Waals surface area contributed by atoms with E-state index in [2.05, 4.69) is 16.0 Å². The number of nitrogens with one attached hydrogen (secondary N) is 3. The predicted molar refractivity (Wildman–Crippen MR) is 116 cm³/mol. The molecular weight excluding hydrogens is 366 g/mol. The molecule has 0 heterocycles. The summed E-state index contributed by atoms with van der Waals surface area (Å²) in [6.45, 7) is 2.01. The Labute approximate surface area is 169 Å². The number of ether oxygens (including phenoxy) is 1. The third-order valence-electron chi connectivity index (χ3n) is 4.26. The Balaban J connectivity index is 1.63. The lowest BCUT2D eigenvalue weighted by Gasteiger charge is -2.13. The highest BCUT2D eigenvalue weighted by atomic mass is 16.5. The van der Waals surface area contributed by atoms with Crippen LogP contribution >= 0.6 is 0 Å². The fourth-order valence-corrected chi connectivity index (χ4v) is 2.81.